The summed E-state index contributed by atoms with van der Waals surface area (Å²) >= 11 is 0. The molecule has 5 rings (SSSR count). The third-order valence-electron chi connectivity index (χ3n) is 8.45. The highest BCUT2D eigenvalue weighted by Crippen LogP contribution is 2.41. The van der Waals surface area contributed by atoms with Crippen molar-refractivity contribution in [1.82, 2.24) is 0 Å². The lowest BCUT2D eigenvalue weighted by molar-refractivity contribution is -0.352. The highest BCUT2D eigenvalue weighted by atomic mass is 16.7. The van der Waals surface area contributed by atoms with E-state index in [1.54, 1.807) is 30.3 Å². The molecular weight excluding hydrogens is 652 g/mol. The van der Waals surface area contributed by atoms with Gasteiger partial charge in [0, 0.05) is 17.2 Å². The fourth-order valence-electron chi connectivity index (χ4n) is 5.69. The zero-order valence-corrected chi connectivity index (χ0v) is 26.7. The van der Waals surface area contributed by atoms with Crippen molar-refractivity contribution in [3.8, 4) is 34.3 Å². The van der Waals surface area contributed by atoms with Crippen LogP contribution in [0.3, 0.4) is 0 Å². The molecule has 1 aromatic heterocycles. The Balaban J connectivity index is 1.51. The second-order valence-electron chi connectivity index (χ2n) is 12.0. The molecule has 2 aliphatic heterocycles. The van der Waals surface area contributed by atoms with Crippen molar-refractivity contribution in [3.63, 3.8) is 0 Å². The molecule has 0 aliphatic carbocycles. The molecule has 2 aliphatic rings. The van der Waals surface area contributed by atoms with Crippen molar-refractivity contribution in [1.29, 1.82) is 0 Å². The molecule has 2 aromatic carbocycles. The first-order valence-electron chi connectivity index (χ1n) is 15.4. The zero-order chi connectivity index (χ0) is 35.7. The van der Waals surface area contributed by atoms with E-state index in [4.69, 9.17) is 28.1 Å². The van der Waals surface area contributed by atoms with E-state index in [1.165, 1.54) is 7.11 Å². The Hall–Kier alpha value is -3.81. The summed E-state index contributed by atoms with van der Waals surface area (Å²) in [6.45, 7) is 2.09. The zero-order valence-electron chi connectivity index (χ0n) is 26.7. The molecule has 3 aromatic rings. The van der Waals surface area contributed by atoms with Crippen molar-refractivity contribution in [2.75, 3.05) is 20.3 Å². The molecule has 3 heterocycles. The van der Waals surface area contributed by atoms with Gasteiger partial charge >= 0.3 is 0 Å². The van der Waals surface area contributed by atoms with Gasteiger partial charge < -0.3 is 74.1 Å². The van der Waals surface area contributed by atoms with Crippen LogP contribution in [-0.4, -0.2) is 128 Å². The van der Waals surface area contributed by atoms with Crippen LogP contribution in [0.25, 0.3) is 22.3 Å². The van der Waals surface area contributed by atoms with Gasteiger partial charge in [-0.25, -0.2) is 0 Å². The van der Waals surface area contributed by atoms with Crippen molar-refractivity contribution < 1.29 is 74.1 Å². The molecule has 2 fully saturated rings. The van der Waals surface area contributed by atoms with E-state index in [-0.39, 0.29) is 34.5 Å². The molecule has 268 valence electrons. The molecule has 16 heteroatoms. The topological polar surface area (TPSA) is 258 Å². The van der Waals surface area contributed by atoms with Gasteiger partial charge in [-0.1, -0.05) is 11.6 Å². The van der Waals surface area contributed by atoms with E-state index < -0.39 is 91.6 Å². The maximum Gasteiger partial charge on any atom is 0.238 e. The predicted molar refractivity (Wildman–Crippen MR) is 168 cm³/mol. The number of hydrogen-bond donors (Lipinski definition) is 9. The molecule has 0 amide bonds. The Morgan fingerprint density at radius 3 is 2.10 bits per heavy atom. The quantitative estimate of drug-likeness (QED) is 0.120. The highest BCUT2D eigenvalue weighted by Gasteiger charge is 2.51. The molecule has 0 radical (unpaired) electrons. The van der Waals surface area contributed by atoms with Crippen molar-refractivity contribution >= 4 is 11.0 Å². The Morgan fingerprint density at radius 2 is 1.49 bits per heavy atom. The van der Waals surface area contributed by atoms with Crippen LogP contribution >= 0.6 is 0 Å². The minimum Gasteiger partial charge on any atom is -0.507 e. The van der Waals surface area contributed by atoms with E-state index in [2.05, 4.69) is 0 Å². The van der Waals surface area contributed by atoms with E-state index in [0.29, 0.717) is 11.3 Å². The number of hydrogen-bond acceptors (Lipinski definition) is 16. The summed E-state index contributed by atoms with van der Waals surface area (Å²) in [7, 11) is 1.48. The SMILES string of the molecule is COc1ccc(-c2oc3c(CC=C(C)C)c(OC4OC(CO)C(OC5OC(CO)C(O)C(O)C5O)C(O)C4O)cc(O)c3c(=O)c2O)cc1. The summed E-state index contributed by atoms with van der Waals surface area (Å²) < 4.78 is 33.9. The van der Waals surface area contributed by atoms with Crippen LogP contribution < -0.4 is 14.9 Å². The molecule has 10 atom stereocenters. The predicted octanol–water partition coefficient (Wildman–Crippen LogP) is -0.609. The van der Waals surface area contributed by atoms with E-state index in [0.717, 1.165) is 11.6 Å². The summed E-state index contributed by atoms with van der Waals surface area (Å²) in [6.07, 6.45) is -15.0. The fraction of sp³-hybridized carbons (Fsp3) is 0.485. The monoisotopic (exact) mass is 692 g/mol. The largest absolute Gasteiger partial charge is 0.507 e. The molecule has 0 bridgehead atoms. The molecule has 0 spiro atoms. The number of rotatable bonds is 10. The third-order valence-corrected chi connectivity index (χ3v) is 8.45. The summed E-state index contributed by atoms with van der Waals surface area (Å²) in [4.78, 5) is 13.4. The van der Waals surface area contributed by atoms with Crippen LogP contribution in [0.4, 0.5) is 0 Å². The van der Waals surface area contributed by atoms with Gasteiger partial charge in [0.05, 0.1) is 20.3 Å². The van der Waals surface area contributed by atoms with Gasteiger partial charge in [-0.15, -0.1) is 0 Å². The van der Waals surface area contributed by atoms with Crippen LogP contribution in [-0.2, 0) is 20.6 Å². The van der Waals surface area contributed by atoms with Crippen LogP contribution in [0.1, 0.15) is 19.4 Å². The minimum atomic E-state index is -1.89. The lowest BCUT2D eigenvalue weighted by Crippen LogP contribution is -2.65. The van der Waals surface area contributed by atoms with Gasteiger partial charge in [0.15, 0.2) is 12.1 Å². The molecule has 2 saturated heterocycles. The number of aliphatic hydroxyl groups excluding tert-OH is 7. The number of phenols is 1. The third kappa shape index (κ3) is 7.11. The standard InChI is InChI=1S/C33H40O16/c1-13(2)4-9-16-18(10-17(36)21-23(38)25(40)29(48-30(16)21)14-5-7-15(44-3)8-6-14)45-32-28(43)26(41)31(20(12-35)47-32)49-33-27(42)24(39)22(37)19(11-34)46-33/h4-8,10,19-20,22,24,26-28,31-37,39-43H,9,11-12H2,1-3H3. The molecule has 49 heavy (non-hydrogen) atoms. The maximum absolute atomic E-state index is 13.4. The van der Waals surface area contributed by atoms with Crippen LogP contribution in [0.15, 0.2) is 51.2 Å². The first-order valence-corrected chi connectivity index (χ1v) is 15.4. The second kappa shape index (κ2) is 15.0. The molecular formula is C33H40O16. The first kappa shape index (κ1) is 36.5. The number of ether oxygens (including phenoxy) is 5. The Kier molecular flexibility index (Phi) is 11.1. The maximum atomic E-state index is 13.4. The summed E-state index contributed by atoms with van der Waals surface area (Å²) in [5.41, 5.74) is 0.316. The van der Waals surface area contributed by atoms with E-state index in [9.17, 15) is 50.8 Å². The number of benzene rings is 2. The highest BCUT2D eigenvalue weighted by molar-refractivity contribution is 5.91. The smallest absolute Gasteiger partial charge is 0.238 e. The molecule has 0 saturated carbocycles. The van der Waals surface area contributed by atoms with Gasteiger partial charge in [0.25, 0.3) is 0 Å². The molecule has 9 N–H and O–H groups in total. The second-order valence-corrected chi connectivity index (χ2v) is 12.0. The van der Waals surface area contributed by atoms with Gasteiger partial charge in [-0.3, -0.25) is 4.79 Å². The lowest BCUT2D eigenvalue weighted by Gasteiger charge is -2.45. The van der Waals surface area contributed by atoms with Gasteiger partial charge in [-0.05, 0) is 44.5 Å². The fourth-order valence-corrected chi connectivity index (χ4v) is 5.69. The summed E-state index contributed by atoms with van der Waals surface area (Å²) in [5, 5.41) is 93.8. The van der Waals surface area contributed by atoms with Crippen LogP contribution in [0, 0.1) is 0 Å². The Bertz CT molecular complexity index is 1700. The lowest BCUT2D eigenvalue weighted by atomic mass is 9.97. The number of aliphatic hydroxyl groups is 7. The number of methoxy groups -OCH3 is 1. The summed E-state index contributed by atoms with van der Waals surface area (Å²) in [5.74, 6) is -1.21. The minimum absolute atomic E-state index is 0.0713. The van der Waals surface area contributed by atoms with Gasteiger partial charge in [0.1, 0.15) is 77.0 Å². The van der Waals surface area contributed by atoms with E-state index in [1.807, 2.05) is 13.8 Å². The van der Waals surface area contributed by atoms with Crippen molar-refractivity contribution in [3.05, 3.63) is 57.8 Å². The van der Waals surface area contributed by atoms with E-state index >= 15 is 0 Å². The first-order chi connectivity index (χ1) is 23.3. The Morgan fingerprint density at radius 1 is 0.857 bits per heavy atom. The van der Waals surface area contributed by atoms with Gasteiger partial charge in [0.2, 0.25) is 17.5 Å². The Labute approximate surface area is 279 Å². The number of phenolic OH excluding ortho intramolecular Hbond substituents is 1. The van der Waals surface area contributed by atoms with Gasteiger partial charge in [-0.2, -0.15) is 0 Å². The van der Waals surface area contributed by atoms with Crippen molar-refractivity contribution in [2.24, 2.45) is 0 Å². The van der Waals surface area contributed by atoms with Crippen molar-refractivity contribution in [2.45, 2.75) is 81.7 Å². The average Bonchev–Trinajstić information content (AvgIpc) is 3.08. The summed E-state index contributed by atoms with van der Waals surface area (Å²) in [6, 6.07) is 7.37. The number of allylic oxidation sites excluding steroid dienone is 2. The average molecular weight is 693 g/mol. The number of fused-ring (bicyclic) bond motifs is 1. The van der Waals surface area contributed by atoms with Crippen LogP contribution in [0.5, 0.6) is 23.0 Å². The van der Waals surface area contributed by atoms with Crippen LogP contribution in [0.2, 0.25) is 0 Å². The number of aromatic hydroxyl groups is 2. The molecule has 16 nitrogen and oxygen atoms in total. The molecule has 10 unspecified atom stereocenters. The normalized spacial score (nSPS) is 30.2.